The van der Waals surface area contributed by atoms with E-state index in [1.807, 2.05) is 24.3 Å². The molecule has 1 fully saturated rings. The molecule has 0 aliphatic heterocycles. The highest BCUT2D eigenvalue weighted by Crippen LogP contribution is 2.31. The standard InChI is InChI=1S/C19H19ClN2O5/c1-26-16-7-2-13(3-8-16)11-21(14-4-5-14)19(23)12-27-18-9-6-15(22(24)25)10-17(18)20/h2-3,6-10,14H,4-5,11-12H2,1H3. The molecule has 0 spiro atoms. The summed E-state index contributed by atoms with van der Waals surface area (Å²) >= 11 is 6.00. The number of carbonyl (C=O) groups excluding carboxylic acids is 1. The summed E-state index contributed by atoms with van der Waals surface area (Å²) in [6.45, 7) is 0.315. The van der Waals surface area contributed by atoms with Gasteiger partial charge in [0.2, 0.25) is 0 Å². The molecule has 0 radical (unpaired) electrons. The van der Waals surface area contributed by atoms with Crippen molar-refractivity contribution >= 4 is 23.2 Å². The lowest BCUT2D eigenvalue weighted by Crippen LogP contribution is -2.36. The predicted molar refractivity (Wildman–Crippen MR) is 100 cm³/mol. The van der Waals surface area contributed by atoms with Gasteiger partial charge >= 0.3 is 0 Å². The Bertz CT molecular complexity index is 836. The van der Waals surface area contributed by atoms with E-state index in [1.54, 1.807) is 12.0 Å². The van der Waals surface area contributed by atoms with Crippen LogP contribution in [0.4, 0.5) is 5.69 Å². The number of hydrogen-bond donors (Lipinski definition) is 0. The lowest BCUT2D eigenvalue weighted by Gasteiger charge is -2.23. The molecular formula is C19H19ClN2O5. The normalized spacial score (nSPS) is 13.1. The molecule has 3 rings (SSSR count). The van der Waals surface area contributed by atoms with Crippen molar-refractivity contribution in [1.82, 2.24) is 4.90 Å². The Labute approximate surface area is 161 Å². The van der Waals surface area contributed by atoms with Gasteiger partial charge < -0.3 is 14.4 Å². The van der Waals surface area contributed by atoms with Gasteiger partial charge in [0.25, 0.3) is 11.6 Å². The third-order valence-corrected chi connectivity index (χ3v) is 4.59. The number of ether oxygens (including phenoxy) is 2. The van der Waals surface area contributed by atoms with Crippen molar-refractivity contribution in [2.45, 2.75) is 25.4 Å². The number of rotatable bonds is 8. The first-order chi connectivity index (χ1) is 13.0. The van der Waals surface area contributed by atoms with E-state index in [-0.39, 0.29) is 35.0 Å². The number of nitro groups is 1. The summed E-state index contributed by atoms with van der Waals surface area (Å²) in [5.74, 6) is 0.859. The van der Waals surface area contributed by atoms with Crippen LogP contribution >= 0.6 is 11.6 Å². The molecule has 8 heteroatoms. The first-order valence-corrected chi connectivity index (χ1v) is 8.85. The van der Waals surface area contributed by atoms with Crippen molar-refractivity contribution < 1.29 is 19.2 Å². The molecule has 7 nitrogen and oxygen atoms in total. The van der Waals surface area contributed by atoms with E-state index in [0.717, 1.165) is 24.2 Å². The Morgan fingerprint density at radius 2 is 1.96 bits per heavy atom. The molecule has 0 bridgehead atoms. The van der Waals surface area contributed by atoms with Crippen LogP contribution in [-0.4, -0.2) is 35.5 Å². The summed E-state index contributed by atoms with van der Waals surface area (Å²) in [5, 5.41) is 10.9. The van der Waals surface area contributed by atoms with Gasteiger partial charge in [0.1, 0.15) is 11.5 Å². The second-order valence-corrected chi connectivity index (χ2v) is 6.67. The first kappa shape index (κ1) is 19.0. The zero-order chi connectivity index (χ0) is 19.4. The van der Waals surface area contributed by atoms with Crippen molar-refractivity contribution in [2.24, 2.45) is 0 Å². The molecular weight excluding hydrogens is 372 g/mol. The Balaban J connectivity index is 1.63. The van der Waals surface area contributed by atoms with Gasteiger partial charge in [-0.15, -0.1) is 0 Å². The predicted octanol–water partition coefficient (Wildman–Crippen LogP) is 3.83. The number of nitrogens with zero attached hydrogens (tertiary/aromatic N) is 2. The fraction of sp³-hybridized carbons (Fsp3) is 0.316. The highest BCUT2D eigenvalue weighted by molar-refractivity contribution is 6.32. The topological polar surface area (TPSA) is 81.9 Å². The number of carbonyl (C=O) groups is 1. The van der Waals surface area contributed by atoms with E-state index in [9.17, 15) is 14.9 Å². The number of methoxy groups -OCH3 is 1. The Hall–Kier alpha value is -2.80. The number of nitro benzene ring substituents is 1. The molecule has 142 valence electrons. The van der Waals surface area contributed by atoms with Gasteiger partial charge in [-0.1, -0.05) is 23.7 Å². The van der Waals surface area contributed by atoms with Crippen LogP contribution in [0, 0.1) is 10.1 Å². The fourth-order valence-corrected chi connectivity index (χ4v) is 2.91. The molecule has 1 aliphatic rings. The van der Waals surface area contributed by atoms with Gasteiger partial charge in [-0.05, 0) is 36.6 Å². The number of hydrogen-bond acceptors (Lipinski definition) is 5. The summed E-state index contributed by atoms with van der Waals surface area (Å²) in [5.41, 5.74) is 0.877. The fourth-order valence-electron chi connectivity index (χ4n) is 2.68. The highest BCUT2D eigenvalue weighted by atomic mass is 35.5. The van der Waals surface area contributed by atoms with Gasteiger partial charge in [-0.25, -0.2) is 0 Å². The number of amides is 1. The second kappa shape index (κ2) is 8.26. The van der Waals surface area contributed by atoms with Gasteiger partial charge in [-0.3, -0.25) is 14.9 Å². The molecule has 0 atom stereocenters. The smallest absolute Gasteiger partial charge is 0.271 e. The number of benzene rings is 2. The van der Waals surface area contributed by atoms with E-state index in [1.165, 1.54) is 18.2 Å². The van der Waals surface area contributed by atoms with Crippen molar-refractivity contribution in [1.29, 1.82) is 0 Å². The van der Waals surface area contributed by atoms with Crippen LogP contribution in [0.1, 0.15) is 18.4 Å². The SMILES string of the molecule is COc1ccc(CN(C(=O)COc2ccc([N+](=O)[O-])cc2Cl)C2CC2)cc1. The maximum atomic E-state index is 12.6. The lowest BCUT2D eigenvalue weighted by atomic mass is 10.2. The first-order valence-electron chi connectivity index (χ1n) is 8.47. The molecule has 2 aromatic rings. The zero-order valence-electron chi connectivity index (χ0n) is 14.8. The molecule has 0 unspecified atom stereocenters. The molecule has 0 N–H and O–H groups in total. The van der Waals surface area contributed by atoms with Crippen molar-refractivity contribution in [3.8, 4) is 11.5 Å². The van der Waals surface area contributed by atoms with Crippen molar-refractivity contribution in [3.05, 3.63) is 63.2 Å². The second-order valence-electron chi connectivity index (χ2n) is 6.26. The van der Waals surface area contributed by atoms with Crippen LogP contribution in [0.25, 0.3) is 0 Å². The Kier molecular flexibility index (Phi) is 5.81. The maximum Gasteiger partial charge on any atom is 0.271 e. The number of halogens is 1. The molecule has 0 aromatic heterocycles. The van der Waals surface area contributed by atoms with E-state index < -0.39 is 4.92 Å². The Morgan fingerprint density at radius 1 is 1.26 bits per heavy atom. The van der Waals surface area contributed by atoms with E-state index in [4.69, 9.17) is 21.1 Å². The third-order valence-electron chi connectivity index (χ3n) is 4.30. The van der Waals surface area contributed by atoms with Gasteiger partial charge in [0, 0.05) is 24.7 Å². The van der Waals surface area contributed by atoms with Crippen LogP contribution < -0.4 is 9.47 Å². The summed E-state index contributed by atoms with van der Waals surface area (Å²) < 4.78 is 10.6. The highest BCUT2D eigenvalue weighted by Gasteiger charge is 2.32. The lowest BCUT2D eigenvalue weighted by molar-refractivity contribution is -0.384. The van der Waals surface area contributed by atoms with Gasteiger partial charge in [0.15, 0.2) is 6.61 Å². The summed E-state index contributed by atoms with van der Waals surface area (Å²) in [6.07, 6.45) is 1.94. The molecule has 0 heterocycles. The van der Waals surface area contributed by atoms with Crippen LogP contribution in [0.2, 0.25) is 5.02 Å². The summed E-state index contributed by atoms with van der Waals surface area (Å²) in [4.78, 5) is 24.6. The molecule has 1 aliphatic carbocycles. The molecule has 1 amide bonds. The summed E-state index contributed by atoms with van der Waals surface area (Å²) in [7, 11) is 1.61. The monoisotopic (exact) mass is 390 g/mol. The number of non-ortho nitro benzene ring substituents is 1. The largest absolute Gasteiger partial charge is 0.497 e. The quantitative estimate of drug-likeness (QED) is 0.505. The molecule has 1 saturated carbocycles. The van der Waals surface area contributed by atoms with Crippen molar-refractivity contribution in [3.63, 3.8) is 0 Å². The van der Waals surface area contributed by atoms with E-state index in [2.05, 4.69) is 0 Å². The summed E-state index contributed by atoms with van der Waals surface area (Å²) in [6, 6.07) is 11.7. The third kappa shape index (κ3) is 4.89. The average Bonchev–Trinajstić information content (AvgIpc) is 3.50. The van der Waals surface area contributed by atoms with Crippen LogP contribution in [-0.2, 0) is 11.3 Å². The Morgan fingerprint density at radius 3 is 2.52 bits per heavy atom. The minimum Gasteiger partial charge on any atom is -0.497 e. The van der Waals surface area contributed by atoms with Crippen LogP contribution in [0.5, 0.6) is 11.5 Å². The van der Waals surface area contributed by atoms with Crippen molar-refractivity contribution in [2.75, 3.05) is 13.7 Å². The van der Waals surface area contributed by atoms with Crippen LogP contribution in [0.15, 0.2) is 42.5 Å². The average molecular weight is 391 g/mol. The van der Waals surface area contributed by atoms with Gasteiger partial charge in [0.05, 0.1) is 17.1 Å². The van der Waals surface area contributed by atoms with Gasteiger partial charge in [-0.2, -0.15) is 0 Å². The minimum absolute atomic E-state index is 0.102. The molecule has 2 aromatic carbocycles. The molecule has 27 heavy (non-hydrogen) atoms. The molecule has 0 saturated heterocycles. The minimum atomic E-state index is -0.537. The van der Waals surface area contributed by atoms with Crippen LogP contribution in [0.3, 0.4) is 0 Å². The maximum absolute atomic E-state index is 12.6. The van der Waals surface area contributed by atoms with E-state index in [0.29, 0.717) is 6.54 Å². The zero-order valence-corrected chi connectivity index (χ0v) is 15.5. The van der Waals surface area contributed by atoms with E-state index >= 15 is 0 Å².